The molecule has 0 saturated heterocycles. The van der Waals surface area contributed by atoms with Crippen molar-refractivity contribution in [3.63, 3.8) is 0 Å². The van der Waals surface area contributed by atoms with Crippen LogP contribution in [0.5, 0.6) is 0 Å². The average molecular weight is 306 g/mol. The molecule has 1 rings (SSSR count). The second-order valence-corrected chi connectivity index (χ2v) is 24.7. The van der Waals surface area contributed by atoms with Crippen molar-refractivity contribution in [3.8, 4) is 0 Å². The molecule has 1 heterocycles. The molecule has 7 heavy (non-hydrogen) atoms. The summed E-state index contributed by atoms with van der Waals surface area (Å²) in [6, 6.07) is 0. The molecule has 0 unspecified atom stereocenters. The second kappa shape index (κ2) is 3.89. The Kier molecular flexibility index (Phi) is 3.38. The Morgan fingerprint density at radius 1 is 1.14 bits per heavy atom. The van der Waals surface area contributed by atoms with Crippen LogP contribution in [0.3, 0.4) is 0 Å². The summed E-state index contributed by atoms with van der Waals surface area (Å²) >= 11 is -0.153. The van der Waals surface area contributed by atoms with Gasteiger partial charge in [0, 0.05) is 0 Å². The molecular weight excluding hydrogens is 297 g/mol. The third kappa shape index (κ3) is 2.69. The molecule has 36 valence electrons. The van der Waals surface area contributed by atoms with Gasteiger partial charge < -0.3 is 0 Å². The molecule has 0 aromatic carbocycles. The molecule has 0 atom stereocenters. The topological polar surface area (TPSA) is 0 Å². The van der Waals surface area contributed by atoms with E-state index in [1.165, 1.54) is 0 Å². The van der Waals surface area contributed by atoms with E-state index in [9.17, 15) is 0 Å². The molecule has 1 aliphatic rings. The Morgan fingerprint density at radius 3 is 3.14 bits per heavy atom. The molecule has 0 radical (unpaired) electrons. The van der Waals surface area contributed by atoms with Crippen LogP contribution in [0.2, 0.25) is 0 Å². The van der Waals surface area contributed by atoms with Gasteiger partial charge in [0.15, 0.2) is 0 Å². The minimum absolute atomic E-state index is 0.00750. The van der Waals surface area contributed by atoms with Crippen molar-refractivity contribution in [1.29, 1.82) is 0 Å². The quantitative estimate of drug-likeness (QED) is 0.524. The SMILES string of the molecule is C1=C[CH]=[SnH][SnH2][CH]=C1. The van der Waals surface area contributed by atoms with Gasteiger partial charge in [-0.25, -0.2) is 0 Å². The van der Waals surface area contributed by atoms with Crippen LogP contribution in [-0.4, -0.2) is 37.9 Å². The maximum absolute atomic E-state index is 2.48. The van der Waals surface area contributed by atoms with Gasteiger partial charge in [-0.1, -0.05) is 0 Å². The summed E-state index contributed by atoms with van der Waals surface area (Å²) in [5, 5.41) is 0. The first-order valence-electron chi connectivity index (χ1n) is 2.48. The van der Waals surface area contributed by atoms with Crippen molar-refractivity contribution in [3.05, 3.63) is 22.3 Å². The molecule has 0 aromatic heterocycles. The molecular formula is C5H8Sn2. The van der Waals surface area contributed by atoms with Crippen molar-refractivity contribution < 1.29 is 0 Å². The Hall–Kier alpha value is 0.947. The van der Waals surface area contributed by atoms with Gasteiger partial charge in [-0.05, 0) is 0 Å². The Balaban J connectivity index is 2.60. The molecule has 0 N–H and O–H groups in total. The van der Waals surface area contributed by atoms with Crippen LogP contribution in [0, 0.1) is 0 Å². The van der Waals surface area contributed by atoms with Crippen LogP contribution in [0.25, 0.3) is 0 Å². The molecule has 0 aromatic rings. The molecule has 0 fully saturated rings. The summed E-state index contributed by atoms with van der Waals surface area (Å²) in [4.78, 5) is 0. The zero-order chi connectivity index (χ0) is 4.95. The standard InChI is InChI=1S/C5H5.2Sn.3H/c1-3-5-4-2;;;;;/h1-5H;;;;;. The average Bonchev–Trinajstić information content (AvgIpc) is 1.90. The summed E-state index contributed by atoms with van der Waals surface area (Å²) in [5.41, 5.74) is 0. The first-order valence-corrected chi connectivity index (χ1v) is 24.7. The van der Waals surface area contributed by atoms with Gasteiger partial charge in [0.25, 0.3) is 0 Å². The molecule has 1 aliphatic heterocycles. The zero-order valence-corrected chi connectivity index (χ0v) is 11.5. The predicted molar refractivity (Wildman–Crippen MR) is 40.0 cm³/mol. The zero-order valence-electron chi connectivity index (χ0n) is 4.17. The Bertz CT molecular complexity index is 108. The van der Waals surface area contributed by atoms with Gasteiger partial charge in [-0.3, -0.25) is 0 Å². The fourth-order valence-corrected chi connectivity index (χ4v) is 15.2. The fraction of sp³-hybridized carbons (Fsp3) is 0. The normalized spacial score (nSPS) is 20.6. The molecule has 0 saturated carbocycles. The van der Waals surface area contributed by atoms with Crippen LogP contribution >= 0.6 is 0 Å². The molecule has 0 nitrogen and oxygen atoms in total. The number of hydrogen-bond acceptors (Lipinski definition) is 0. The Labute approximate surface area is 59.7 Å². The van der Waals surface area contributed by atoms with Gasteiger partial charge in [0.05, 0.1) is 0 Å². The number of allylic oxidation sites excluding steroid dienone is 3. The fourth-order valence-electron chi connectivity index (χ4n) is 0.521. The third-order valence-corrected chi connectivity index (χ3v) is 20.3. The van der Waals surface area contributed by atoms with Crippen molar-refractivity contribution in [2.75, 3.05) is 0 Å². The van der Waals surface area contributed by atoms with Gasteiger partial charge in [0.1, 0.15) is 0 Å². The summed E-state index contributed by atoms with van der Waals surface area (Å²) < 4.78 is 4.94. The van der Waals surface area contributed by atoms with E-state index in [0.717, 1.165) is 0 Å². The predicted octanol–water partition coefficient (Wildman–Crippen LogP) is -0.608. The summed E-state index contributed by atoms with van der Waals surface area (Å²) in [5.74, 6) is 0. The van der Waals surface area contributed by atoms with Gasteiger partial charge in [0.2, 0.25) is 0 Å². The molecule has 0 amide bonds. The van der Waals surface area contributed by atoms with E-state index in [0.29, 0.717) is 0 Å². The van der Waals surface area contributed by atoms with E-state index < -0.39 is 0 Å². The summed E-state index contributed by atoms with van der Waals surface area (Å²) in [7, 11) is 0. The van der Waals surface area contributed by atoms with Crippen LogP contribution in [0.1, 0.15) is 0 Å². The van der Waals surface area contributed by atoms with Crippen LogP contribution in [0.4, 0.5) is 0 Å². The van der Waals surface area contributed by atoms with Gasteiger partial charge >= 0.3 is 60.3 Å². The van der Waals surface area contributed by atoms with Crippen molar-refractivity contribution >= 4 is 37.9 Å². The second-order valence-electron chi connectivity index (χ2n) is 1.48. The molecule has 0 aliphatic carbocycles. The van der Waals surface area contributed by atoms with E-state index in [1.807, 2.05) is 0 Å². The van der Waals surface area contributed by atoms with Crippen molar-refractivity contribution in [2.45, 2.75) is 0 Å². The molecule has 2 heteroatoms. The first kappa shape index (κ1) is 6.07. The van der Waals surface area contributed by atoms with E-state index in [2.05, 4.69) is 26.3 Å². The van der Waals surface area contributed by atoms with E-state index >= 15 is 0 Å². The van der Waals surface area contributed by atoms with Crippen LogP contribution in [-0.2, 0) is 0 Å². The Morgan fingerprint density at radius 2 is 2.14 bits per heavy atom. The van der Waals surface area contributed by atoms with Crippen LogP contribution in [0.15, 0.2) is 22.3 Å². The third-order valence-electron chi connectivity index (χ3n) is 0.878. The van der Waals surface area contributed by atoms with E-state index in [1.54, 1.807) is 0 Å². The summed E-state index contributed by atoms with van der Waals surface area (Å²) in [6.07, 6.45) is 6.61. The minimum atomic E-state index is -0.160. The van der Waals surface area contributed by atoms with Crippen LogP contribution < -0.4 is 0 Å². The monoisotopic (exact) mass is 308 g/mol. The van der Waals surface area contributed by atoms with E-state index in [-0.39, 0.29) is 33.9 Å². The maximum atomic E-state index is 2.48. The summed E-state index contributed by atoms with van der Waals surface area (Å²) in [6.45, 7) is 0. The van der Waals surface area contributed by atoms with Gasteiger partial charge in [-0.2, -0.15) is 0 Å². The number of hydrogen-bond donors (Lipinski definition) is 0. The van der Waals surface area contributed by atoms with E-state index in [4.69, 9.17) is 0 Å². The molecule has 0 spiro atoms. The first-order chi connectivity index (χ1) is 3.50. The van der Waals surface area contributed by atoms with Crippen molar-refractivity contribution in [2.24, 2.45) is 0 Å². The van der Waals surface area contributed by atoms with Gasteiger partial charge in [-0.15, -0.1) is 0 Å². The molecule has 0 bridgehead atoms. The van der Waals surface area contributed by atoms with Crippen molar-refractivity contribution in [1.82, 2.24) is 0 Å². The number of rotatable bonds is 0.